The van der Waals surface area contributed by atoms with Gasteiger partial charge >= 0.3 is 0 Å². The van der Waals surface area contributed by atoms with Crippen molar-refractivity contribution in [1.82, 2.24) is 0 Å². The van der Waals surface area contributed by atoms with Gasteiger partial charge in [-0.05, 0) is 127 Å². The van der Waals surface area contributed by atoms with E-state index in [1.54, 1.807) is 0 Å². The molecule has 198 valence electrons. The first kappa shape index (κ1) is 24.1. The maximum Gasteiger partial charge on any atom is 0.0355 e. The molecule has 0 aliphatic carbocycles. The summed E-state index contributed by atoms with van der Waals surface area (Å²) < 4.78 is 2.69. The Morgan fingerprint density at radius 2 is 0.762 bits per heavy atom. The van der Waals surface area contributed by atoms with E-state index in [0.29, 0.717) is 0 Å². The monoisotopic (exact) mass is 570 g/mol. The number of hydrogen-bond donors (Lipinski definition) is 0. The van der Waals surface area contributed by atoms with Crippen molar-refractivity contribution in [2.75, 3.05) is 0 Å². The Hall–Kier alpha value is -4.50. The summed E-state index contributed by atoms with van der Waals surface area (Å²) in [6.45, 7) is 4.32. The molecule has 0 N–H and O–H groups in total. The van der Waals surface area contributed by atoms with Crippen molar-refractivity contribution in [2.45, 2.75) is 13.8 Å². The lowest BCUT2D eigenvalue weighted by Crippen LogP contribution is -1.83. The highest BCUT2D eigenvalue weighted by molar-refractivity contribution is 7.22. The molecule has 0 saturated heterocycles. The van der Waals surface area contributed by atoms with Crippen LogP contribution in [-0.4, -0.2) is 0 Å². The maximum absolute atomic E-state index is 2.39. The normalized spacial score (nSPS) is 12.0. The molecule has 0 spiro atoms. The molecule has 7 aromatic carbocycles. The second-order valence-electron chi connectivity index (χ2n) is 11.6. The third-order valence-electron chi connectivity index (χ3n) is 8.70. The fraction of sp³-hybridized carbons (Fsp3) is 0.0500. The largest absolute Gasteiger partial charge is 0.135 e. The van der Waals surface area contributed by atoms with E-state index in [-0.39, 0.29) is 0 Å². The summed E-state index contributed by atoms with van der Waals surface area (Å²) in [6.07, 6.45) is 0. The summed E-state index contributed by atoms with van der Waals surface area (Å²) in [7, 11) is 0. The molecular formula is C40H26S2. The summed E-state index contributed by atoms with van der Waals surface area (Å²) in [5.74, 6) is 0. The van der Waals surface area contributed by atoms with E-state index >= 15 is 0 Å². The topological polar surface area (TPSA) is 0 Å². The smallest absolute Gasteiger partial charge is 0.0355 e. The van der Waals surface area contributed by atoms with Gasteiger partial charge in [0.2, 0.25) is 0 Å². The third kappa shape index (κ3) is 3.80. The van der Waals surface area contributed by atoms with Crippen molar-refractivity contribution in [3.05, 3.63) is 132 Å². The molecule has 0 aliphatic heterocycles. The van der Waals surface area contributed by atoms with Gasteiger partial charge in [0.05, 0.1) is 0 Å². The van der Waals surface area contributed by atoms with Crippen LogP contribution >= 0.6 is 22.7 Å². The molecule has 0 unspecified atom stereocenters. The lowest BCUT2D eigenvalue weighted by atomic mass is 9.94. The second-order valence-corrected chi connectivity index (χ2v) is 13.8. The summed E-state index contributed by atoms with van der Waals surface area (Å²) in [5.41, 5.74) is 5.20. The van der Waals surface area contributed by atoms with Gasteiger partial charge in [-0.3, -0.25) is 0 Å². The van der Waals surface area contributed by atoms with Gasteiger partial charge in [0.1, 0.15) is 0 Å². The van der Waals surface area contributed by atoms with E-state index in [1.807, 2.05) is 22.7 Å². The molecule has 2 aromatic heterocycles. The molecule has 2 heterocycles. The van der Waals surface area contributed by atoms with Gasteiger partial charge in [0.15, 0.2) is 0 Å². The summed E-state index contributed by atoms with van der Waals surface area (Å²) in [4.78, 5) is 2.65. The van der Waals surface area contributed by atoms with E-state index in [0.717, 1.165) is 0 Å². The molecule has 0 fully saturated rings. The van der Waals surface area contributed by atoms with Crippen molar-refractivity contribution in [1.29, 1.82) is 0 Å². The Labute approximate surface area is 252 Å². The molecule has 0 amide bonds. The molecular weight excluding hydrogens is 545 g/mol. The van der Waals surface area contributed by atoms with Crippen LogP contribution in [0.25, 0.3) is 84.1 Å². The van der Waals surface area contributed by atoms with Crippen LogP contribution in [0.1, 0.15) is 11.1 Å². The minimum Gasteiger partial charge on any atom is -0.135 e. The average molecular weight is 571 g/mol. The molecule has 42 heavy (non-hydrogen) atoms. The van der Waals surface area contributed by atoms with Crippen molar-refractivity contribution < 1.29 is 0 Å². The van der Waals surface area contributed by atoms with Crippen LogP contribution < -0.4 is 0 Å². The van der Waals surface area contributed by atoms with Gasteiger partial charge in [0, 0.05) is 19.2 Å². The predicted octanol–water partition coefficient (Wildman–Crippen LogP) is 12.7. The molecule has 9 rings (SSSR count). The van der Waals surface area contributed by atoms with Crippen molar-refractivity contribution >= 4 is 85.9 Å². The van der Waals surface area contributed by atoms with Gasteiger partial charge in [0.25, 0.3) is 0 Å². The quantitative estimate of drug-likeness (QED) is 0.143. The Balaban J connectivity index is 1.15. The average Bonchev–Trinajstić information content (AvgIpc) is 3.63. The first-order valence-corrected chi connectivity index (χ1v) is 16.0. The Bertz CT molecular complexity index is 2360. The number of rotatable bonds is 2. The first-order chi connectivity index (χ1) is 20.6. The number of aryl methyl sites for hydroxylation is 2. The Morgan fingerprint density at radius 1 is 0.333 bits per heavy atom. The molecule has 0 radical (unpaired) electrons. The molecule has 0 atom stereocenters. The molecule has 0 aliphatic rings. The standard InChI is InChI=1S/C40H26S2/c1-23-3-13-37-31(15-23)21-39(41-37)29-9-11-33-25(17-29)5-7-27-20-36-28(19-35(27)33)8-6-26-18-30(10-12-34(26)36)40-22-32-16-24(2)4-14-38(32)42-40/h3-22H,1-2H3. The maximum atomic E-state index is 2.39. The van der Waals surface area contributed by atoms with Crippen LogP contribution in [0, 0.1) is 13.8 Å². The Kier molecular flexibility index (Phi) is 5.17. The fourth-order valence-corrected chi connectivity index (χ4v) is 8.62. The third-order valence-corrected chi connectivity index (χ3v) is 11.0. The lowest BCUT2D eigenvalue weighted by molar-refractivity contribution is 1.51. The van der Waals surface area contributed by atoms with E-state index in [9.17, 15) is 0 Å². The molecule has 9 aromatic rings. The highest BCUT2D eigenvalue weighted by atomic mass is 32.1. The highest BCUT2D eigenvalue weighted by Gasteiger charge is 2.11. The fourth-order valence-electron chi connectivity index (χ4n) is 6.54. The van der Waals surface area contributed by atoms with Crippen molar-refractivity contribution in [2.24, 2.45) is 0 Å². The predicted molar refractivity (Wildman–Crippen MR) is 188 cm³/mol. The lowest BCUT2D eigenvalue weighted by Gasteiger charge is -2.10. The van der Waals surface area contributed by atoms with Crippen molar-refractivity contribution in [3.8, 4) is 20.9 Å². The van der Waals surface area contributed by atoms with E-state index in [1.165, 1.54) is 95.3 Å². The van der Waals surface area contributed by atoms with Crippen LogP contribution in [0.5, 0.6) is 0 Å². The van der Waals surface area contributed by atoms with Gasteiger partial charge < -0.3 is 0 Å². The van der Waals surface area contributed by atoms with Gasteiger partial charge in [-0.1, -0.05) is 83.9 Å². The second kappa shape index (κ2) is 9.00. The summed E-state index contributed by atoms with van der Waals surface area (Å²) >= 11 is 3.75. The van der Waals surface area contributed by atoms with Crippen LogP contribution in [0.3, 0.4) is 0 Å². The SMILES string of the molecule is Cc1ccc2sc(-c3ccc4c(ccc5cc6c(ccc7cc(-c8cc9cc(C)ccc9s8)ccc76)cc54)c3)cc2c1. The van der Waals surface area contributed by atoms with Crippen LogP contribution in [0.15, 0.2) is 121 Å². The van der Waals surface area contributed by atoms with Crippen LogP contribution in [0.2, 0.25) is 0 Å². The van der Waals surface area contributed by atoms with Crippen LogP contribution in [-0.2, 0) is 0 Å². The molecule has 0 nitrogen and oxygen atoms in total. The van der Waals surface area contributed by atoms with E-state index in [4.69, 9.17) is 0 Å². The summed E-state index contributed by atoms with van der Waals surface area (Å²) in [5, 5.41) is 13.1. The van der Waals surface area contributed by atoms with E-state index < -0.39 is 0 Å². The molecule has 0 saturated carbocycles. The number of thiophene rings is 2. The van der Waals surface area contributed by atoms with Crippen molar-refractivity contribution in [3.63, 3.8) is 0 Å². The summed E-state index contributed by atoms with van der Waals surface area (Å²) in [6, 6.07) is 46.0. The molecule has 2 heteroatoms. The van der Waals surface area contributed by atoms with Crippen LogP contribution in [0.4, 0.5) is 0 Å². The van der Waals surface area contributed by atoms with E-state index in [2.05, 4.69) is 135 Å². The highest BCUT2D eigenvalue weighted by Crippen LogP contribution is 2.40. The number of benzene rings is 7. The minimum absolute atomic E-state index is 1.29. The zero-order valence-electron chi connectivity index (χ0n) is 23.4. The number of hydrogen-bond acceptors (Lipinski definition) is 2. The zero-order chi connectivity index (χ0) is 27.9. The molecule has 0 bridgehead atoms. The minimum atomic E-state index is 1.29. The van der Waals surface area contributed by atoms with Gasteiger partial charge in [-0.2, -0.15) is 0 Å². The van der Waals surface area contributed by atoms with Gasteiger partial charge in [-0.25, -0.2) is 0 Å². The zero-order valence-corrected chi connectivity index (χ0v) is 25.0. The Morgan fingerprint density at radius 3 is 1.21 bits per heavy atom. The first-order valence-electron chi connectivity index (χ1n) is 14.4. The number of fused-ring (bicyclic) bond motifs is 8. The van der Waals surface area contributed by atoms with Gasteiger partial charge in [-0.15, -0.1) is 22.7 Å².